The number of hydrogen-bond acceptors (Lipinski definition) is 5. The van der Waals surface area contributed by atoms with E-state index in [1.165, 1.54) is 4.68 Å². The number of anilines is 1. The highest BCUT2D eigenvalue weighted by Gasteiger charge is 2.21. The Morgan fingerprint density at radius 1 is 1.23 bits per heavy atom. The van der Waals surface area contributed by atoms with Gasteiger partial charge in [0.2, 0.25) is 12.1 Å². The molecule has 0 radical (unpaired) electrons. The maximum atomic E-state index is 11.5. The second-order valence-corrected chi connectivity index (χ2v) is 5.65. The fraction of sp³-hybridized carbons (Fsp3) is 0.105. The molecule has 132 valence electrons. The summed E-state index contributed by atoms with van der Waals surface area (Å²) in [7, 11) is 0. The Kier molecular flexibility index (Phi) is 4.98. The number of nitrogens with two attached hydrogens (primary N) is 1. The van der Waals surface area contributed by atoms with Crippen molar-refractivity contribution in [3.8, 4) is 5.75 Å². The quantitative estimate of drug-likeness (QED) is 0.666. The number of nitrogens with zero attached hydrogens (tertiary/aromatic N) is 3. The Morgan fingerprint density at radius 3 is 2.50 bits per heavy atom. The lowest BCUT2D eigenvalue weighted by molar-refractivity contribution is -0.145. The van der Waals surface area contributed by atoms with E-state index in [9.17, 15) is 9.90 Å². The number of ether oxygens (including phenoxy) is 1. The van der Waals surface area contributed by atoms with E-state index in [1.54, 1.807) is 60.9 Å². The minimum Gasteiger partial charge on any atom is -0.478 e. The van der Waals surface area contributed by atoms with Gasteiger partial charge < -0.3 is 15.6 Å². The van der Waals surface area contributed by atoms with E-state index < -0.39 is 12.1 Å². The minimum absolute atomic E-state index is 0.311. The standard InChI is InChI=1S/C19H18N4O3/c1-13-12-23(19(20)22-13)21-11-14-7-9-16(10-8-14)26-17(18(24)25)15-5-3-2-4-6-15/h2-12,17H,1H3,(H2,20,22)(H,24,25). The predicted octanol–water partition coefficient (Wildman–Crippen LogP) is 2.86. The predicted molar refractivity (Wildman–Crippen MR) is 98.3 cm³/mol. The summed E-state index contributed by atoms with van der Waals surface area (Å²) in [6.45, 7) is 1.83. The van der Waals surface area contributed by atoms with Crippen LogP contribution in [-0.4, -0.2) is 27.0 Å². The van der Waals surface area contributed by atoms with Gasteiger partial charge in [-0.15, -0.1) is 0 Å². The number of benzene rings is 2. The largest absolute Gasteiger partial charge is 0.478 e. The van der Waals surface area contributed by atoms with E-state index in [1.807, 2.05) is 13.0 Å². The summed E-state index contributed by atoms with van der Waals surface area (Å²) in [5, 5.41) is 13.6. The molecule has 0 saturated heterocycles. The summed E-state index contributed by atoms with van der Waals surface area (Å²) < 4.78 is 7.10. The SMILES string of the molecule is Cc1cn(N=Cc2ccc(OC(C(=O)O)c3ccccc3)cc2)c(N)n1. The number of aromatic nitrogens is 2. The molecule has 26 heavy (non-hydrogen) atoms. The summed E-state index contributed by atoms with van der Waals surface area (Å²) >= 11 is 0. The molecule has 0 bridgehead atoms. The van der Waals surface area contributed by atoms with Gasteiger partial charge in [-0.2, -0.15) is 5.10 Å². The average molecular weight is 350 g/mol. The third-order valence-corrected chi connectivity index (χ3v) is 3.63. The molecule has 0 saturated carbocycles. The molecule has 0 aliphatic rings. The van der Waals surface area contributed by atoms with Crippen molar-refractivity contribution >= 4 is 18.1 Å². The van der Waals surface area contributed by atoms with Crippen LogP contribution < -0.4 is 10.5 Å². The highest BCUT2D eigenvalue weighted by molar-refractivity contribution is 5.80. The number of aryl methyl sites for hydroxylation is 1. The Hall–Kier alpha value is -3.61. The molecule has 0 fully saturated rings. The molecule has 0 spiro atoms. The van der Waals surface area contributed by atoms with Gasteiger partial charge in [-0.05, 0) is 36.8 Å². The van der Waals surface area contributed by atoms with Gasteiger partial charge in [-0.25, -0.2) is 14.5 Å². The maximum absolute atomic E-state index is 11.5. The Morgan fingerprint density at radius 2 is 1.92 bits per heavy atom. The van der Waals surface area contributed by atoms with Crippen LogP contribution in [0, 0.1) is 6.92 Å². The number of hydrogen-bond donors (Lipinski definition) is 2. The highest BCUT2D eigenvalue weighted by Crippen LogP contribution is 2.22. The fourth-order valence-corrected chi connectivity index (χ4v) is 2.38. The van der Waals surface area contributed by atoms with Crippen molar-refractivity contribution in [1.82, 2.24) is 9.66 Å². The molecule has 1 unspecified atom stereocenters. The summed E-state index contributed by atoms with van der Waals surface area (Å²) in [6.07, 6.45) is 2.29. The van der Waals surface area contributed by atoms with Crippen LogP contribution in [0.5, 0.6) is 5.75 Å². The molecule has 0 amide bonds. The van der Waals surface area contributed by atoms with Gasteiger partial charge >= 0.3 is 5.97 Å². The Labute approximate surface area is 150 Å². The van der Waals surface area contributed by atoms with Crippen molar-refractivity contribution in [3.05, 3.63) is 77.6 Å². The fourth-order valence-electron chi connectivity index (χ4n) is 2.38. The van der Waals surface area contributed by atoms with E-state index in [0.29, 0.717) is 17.3 Å². The first-order valence-electron chi connectivity index (χ1n) is 7.93. The highest BCUT2D eigenvalue weighted by atomic mass is 16.5. The zero-order valence-corrected chi connectivity index (χ0v) is 14.1. The molecule has 1 atom stereocenters. The number of aliphatic carboxylic acids is 1. The first kappa shape index (κ1) is 17.2. The third-order valence-electron chi connectivity index (χ3n) is 3.63. The number of imidazole rings is 1. The van der Waals surface area contributed by atoms with E-state index in [0.717, 1.165) is 11.3 Å². The number of carboxylic acids is 1. The van der Waals surface area contributed by atoms with Gasteiger partial charge in [-0.3, -0.25) is 0 Å². The first-order chi connectivity index (χ1) is 12.5. The van der Waals surface area contributed by atoms with Crippen LogP contribution in [0.25, 0.3) is 0 Å². The molecule has 0 aliphatic carbocycles. The molecule has 1 aromatic heterocycles. The van der Waals surface area contributed by atoms with Gasteiger partial charge in [0.15, 0.2) is 0 Å². The first-order valence-corrected chi connectivity index (χ1v) is 7.93. The van der Waals surface area contributed by atoms with Crippen molar-refractivity contribution in [2.75, 3.05) is 5.73 Å². The normalized spacial score (nSPS) is 12.2. The van der Waals surface area contributed by atoms with Crippen LogP contribution >= 0.6 is 0 Å². The molecule has 2 aromatic carbocycles. The molecule has 7 heteroatoms. The van der Waals surface area contributed by atoms with E-state index in [4.69, 9.17) is 10.5 Å². The van der Waals surface area contributed by atoms with E-state index in [2.05, 4.69) is 10.1 Å². The maximum Gasteiger partial charge on any atom is 0.349 e. The molecule has 1 heterocycles. The molecule has 0 aliphatic heterocycles. The number of carboxylic acid groups (broad SMARTS) is 1. The number of rotatable bonds is 6. The van der Waals surface area contributed by atoms with Crippen LogP contribution in [-0.2, 0) is 4.79 Å². The van der Waals surface area contributed by atoms with Gasteiger partial charge in [0.25, 0.3) is 0 Å². The lowest BCUT2D eigenvalue weighted by atomic mass is 10.1. The zero-order chi connectivity index (χ0) is 18.5. The van der Waals surface area contributed by atoms with Crippen molar-refractivity contribution in [1.29, 1.82) is 0 Å². The molecule has 7 nitrogen and oxygen atoms in total. The van der Waals surface area contributed by atoms with Crippen LogP contribution in [0.2, 0.25) is 0 Å². The average Bonchev–Trinajstić information content (AvgIpc) is 2.96. The van der Waals surface area contributed by atoms with Gasteiger partial charge in [0, 0.05) is 5.56 Å². The van der Waals surface area contributed by atoms with Crippen molar-refractivity contribution in [2.45, 2.75) is 13.0 Å². The molecule has 3 N–H and O–H groups in total. The van der Waals surface area contributed by atoms with Gasteiger partial charge in [-0.1, -0.05) is 30.3 Å². The second kappa shape index (κ2) is 7.52. The van der Waals surface area contributed by atoms with Crippen LogP contribution in [0.4, 0.5) is 5.95 Å². The number of nitrogen functional groups attached to an aromatic ring is 1. The number of carbonyl (C=O) groups is 1. The third kappa shape index (κ3) is 4.07. The molecular weight excluding hydrogens is 332 g/mol. The molecule has 3 aromatic rings. The zero-order valence-electron chi connectivity index (χ0n) is 14.1. The lowest BCUT2D eigenvalue weighted by Crippen LogP contribution is -2.18. The second-order valence-electron chi connectivity index (χ2n) is 5.65. The molecule has 3 rings (SSSR count). The van der Waals surface area contributed by atoms with Crippen molar-refractivity contribution < 1.29 is 14.6 Å². The van der Waals surface area contributed by atoms with Crippen LogP contribution in [0.1, 0.15) is 22.9 Å². The van der Waals surface area contributed by atoms with E-state index in [-0.39, 0.29) is 0 Å². The summed E-state index contributed by atoms with van der Waals surface area (Å²) in [4.78, 5) is 15.6. The summed E-state index contributed by atoms with van der Waals surface area (Å²) in [5.41, 5.74) is 7.91. The van der Waals surface area contributed by atoms with Crippen LogP contribution in [0.15, 0.2) is 65.9 Å². The van der Waals surface area contributed by atoms with Gasteiger partial charge in [0.05, 0.1) is 18.1 Å². The Balaban J connectivity index is 1.72. The topological polar surface area (TPSA) is 103 Å². The summed E-state index contributed by atoms with van der Waals surface area (Å²) in [5.74, 6) is -0.282. The molecular formula is C19H18N4O3. The van der Waals surface area contributed by atoms with Gasteiger partial charge in [0.1, 0.15) is 5.75 Å². The minimum atomic E-state index is -1.07. The van der Waals surface area contributed by atoms with Crippen molar-refractivity contribution in [3.63, 3.8) is 0 Å². The smallest absolute Gasteiger partial charge is 0.349 e. The monoisotopic (exact) mass is 350 g/mol. The summed E-state index contributed by atoms with van der Waals surface area (Å²) in [6, 6.07) is 15.8. The van der Waals surface area contributed by atoms with Crippen LogP contribution in [0.3, 0.4) is 0 Å². The Bertz CT molecular complexity index is 918. The van der Waals surface area contributed by atoms with Crippen molar-refractivity contribution in [2.24, 2.45) is 5.10 Å². The lowest BCUT2D eigenvalue weighted by Gasteiger charge is -2.15. The van der Waals surface area contributed by atoms with E-state index >= 15 is 0 Å².